The molecule has 0 fully saturated rings. The average molecular weight is 461 g/mol. The summed E-state index contributed by atoms with van der Waals surface area (Å²) >= 11 is 3.24. The van der Waals surface area contributed by atoms with Crippen LogP contribution in [0.2, 0.25) is 0 Å². The van der Waals surface area contributed by atoms with Gasteiger partial charge in [-0.05, 0) is 52.3 Å². The standard InChI is InChI=1S/C20H17BrN2O4S/c1-27-15-8-6-7-14(13-15)22-20(24)16-9-2-4-11-18(16)23-28(25,26)19-12-5-3-10-17(19)21/h2-13,23H,1H3,(H,22,24). The molecule has 0 heterocycles. The van der Waals surface area contributed by atoms with Crippen molar-refractivity contribution in [1.29, 1.82) is 0 Å². The third-order valence-electron chi connectivity index (χ3n) is 3.87. The summed E-state index contributed by atoms with van der Waals surface area (Å²) in [6.45, 7) is 0. The highest BCUT2D eigenvalue weighted by molar-refractivity contribution is 9.10. The molecule has 0 atom stereocenters. The number of carbonyl (C=O) groups excluding carboxylic acids is 1. The van der Waals surface area contributed by atoms with Crippen LogP contribution in [0.5, 0.6) is 5.75 Å². The molecule has 0 aliphatic carbocycles. The monoisotopic (exact) mass is 460 g/mol. The number of halogens is 1. The van der Waals surface area contributed by atoms with Gasteiger partial charge in [0.05, 0.1) is 18.4 Å². The fourth-order valence-corrected chi connectivity index (χ4v) is 4.62. The number of amides is 1. The average Bonchev–Trinajstić information content (AvgIpc) is 2.68. The highest BCUT2D eigenvalue weighted by Gasteiger charge is 2.20. The molecule has 0 aliphatic rings. The lowest BCUT2D eigenvalue weighted by molar-refractivity contribution is 0.102. The van der Waals surface area contributed by atoms with Gasteiger partial charge in [-0.3, -0.25) is 9.52 Å². The lowest BCUT2D eigenvalue weighted by Crippen LogP contribution is -2.19. The fourth-order valence-electron chi connectivity index (χ4n) is 2.53. The molecule has 1 amide bonds. The van der Waals surface area contributed by atoms with Crippen molar-refractivity contribution in [3.05, 3.63) is 82.8 Å². The summed E-state index contributed by atoms with van der Waals surface area (Å²) in [5, 5.41) is 2.75. The largest absolute Gasteiger partial charge is 0.497 e. The summed E-state index contributed by atoms with van der Waals surface area (Å²) in [5.74, 6) is 0.152. The highest BCUT2D eigenvalue weighted by atomic mass is 79.9. The van der Waals surface area contributed by atoms with Crippen molar-refractivity contribution < 1.29 is 17.9 Å². The Bertz CT molecular complexity index is 1120. The number of sulfonamides is 1. The summed E-state index contributed by atoms with van der Waals surface area (Å²) < 4.78 is 33.6. The van der Waals surface area contributed by atoms with Crippen LogP contribution in [0.1, 0.15) is 10.4 Å². The number of methoxy groups -OCH3 is 1. The van der Waals surface area contributed by atoms with E-state index in [2.05, 4.69) is 26.0 Å². The van der Waals surface area contributed by atoms with Crippen molar-refractivity contribution in [2.75, 3.05) is 17.1 Å². The molecule has 0 aliphatic heterocycles. The molecule has 0 unspecified atom stereocenters. The number of hydrogen-bond donors (Lipinski definition) is 2. The number of carbonyl (C=O) groups is 1. The van der Waals surface area contributed by atoms with Gasteiger partial charge in [0, 0.05) is 16.2 Å². The molecule has 3 rings (SSSR count). The van der Waals surface area contributed by atoms with Gasteiger partial charge in [0.25, 0.3) is 15.9 Å². The molecule has 0 saturated carbocycles. The van der Waals surface area contributed by atoms with E-state index in [0.29, 0.717) is 15.9 Å². The minimum absolute atomic E-state index is 0.0815. The fraction of sp³-hybridized carbons (Fsp3) is 0.0500. The van der Waals surface area contributed by atoms with Crippen LogP contribution in [0, 0.1) is 0 Å². The van der Waals surface area contributed by atoms with Crippen molar-refractivity contribution in [1.82, 2.24) is 0 Å². The molecule has 0 bridgehead atoms. The Labute approximate surface area is 171 Å². The third-order valence-corrected chi connectivity index (χ3v) is 6.25. The van der Waals surface area contributed by atoms with Crippen molar-refractivity contribution in [2.24, 2.45) is 0 Å². The Hall–Kier alpha value is -2.84. The molecular weight excluding hydrogens is 444 g/mol. The predicted molar refractivity (Wildman–Crippen MR) is 112 cm³/mol. The second-order valence-electron chi connectivity index (χ2n) is 5.77. The van der Waals surface area contributed by atoms with E-state index in [4.69, 9.17) is 4.74 Å². The smallest absolute Gasteiger partial charge is 0.263 e. The number of anilines is 2. The van der Waals surface area contributed by atoms with Gasteiger partial charge in [-0.2, -0.15) is 0 Å². The Balaban J connectivity index is 1.89. The van der Waals surface area contributed by atoms with Crippen LogP contribution >= 0.6 is 15.9 Å². The van der Waals surface area contributed by atoms with Gasteiger partial charge in [0.1, 0.15) is 10.6 Å². The minimum Gasteiger partial charge on any atom is -0.497 e. The second kappa shape index (κ2) is 8.45. The molecule has 6 nitrogen and oxygen atoms in total. The van der Waals surface area contributed by atoms with E-state index in [-0.39, 0.29) is 16.1 Å². The Kier molecular flexibility index (Phi) is 6.01. The van der Waals surface area contributed by atoms with Crippen molar-refractivity contribution in [2.45, 2.75) is 4.90 Å². The zero-order valence-corrected chi connectivity index (χ0v) is 17.2. The van der Waals surface area contributed by atoms with E-state index in [1.54, 1.807) is 60.7 Å². The van der Waals surface area contributed by atoms with E-state index in [1.807, 2.05) is 0 Å². The van der Waals surface area contributed by atoms with Crippen LogP contribution in [0.4, 0.5) is 11.4 Å². The summed E-state index contributed by atoms with van der Waals surface area (Å²) in [6, 6.07) is 19.8. The van der Waals surface area contributed by atoms with Crippen LogP contribution in [0.25, 0.3) is 0 Å². The van der Waals surface area contributed by atoms with Crippen LogP contribution < -0.4 is 14.8 Å². The molecule has 3 aromatic carbocycles. The Morgan fingerprint density at radius 3 is 2.43 bits per heavy atom. The highest BCUT2D eigenvalue weighted by Crippen LogP contribution is 2.26. The molecule has 144 valence electrons. The first kappa shape index (κ1) is 19.9. The molecule has 0 spiro atoms. The lowest BCUT2D eigenvalue weighted by Gasteiger charge is -2.14. The topological polar surface area (TPSA) is 84.5 Å². The van der Waals surface area contributed by atoms with E-state index >= 15 is 0 Å². The summed E-state index contributed by atoms with van der Waals surface area (Å²) in [6.07, 6.45) is 0. The quantitative estimate of drug-likeness (QED) is 0.566. The number of para-hydroxylation sites is 1. The van der Waals surface area contributed by atoms with E-state index in [1.165, 1.54) is 19.2 Å². The third kappa shape index (κ3) is 4.52. The maximum atomic E-state index is 12.7. The minimum atomic E-state index is -3.88. The first-order chi connectivity index (χ1) is 13.4. The molecule has 8 heteroatoms. The van der Waals surface area contributed by atoms with Crippen LogP contribution in [0.3, 0.4) is 0 Å². The molecule has 3 aromatic rings. The van der Waals surface area contributed by atoms with Gasteiger partial charge in [-0.15, -0.1) is 0 Å². The number of benzene rings is 3. The predicted octanol–water partition coefficient (Wildman–Crippen LogP) is 4.51. The summed E-state index contributed by atoms with van der Waals surface area (Å²) in [4.78, 5) is 12.8. The van der Waals surface area contributed by atoms with Crippen molar-refractivity contribution >= 4 is 43.2 Å². The molecule has 2 N–H and O–H groups in total. The zero-order chi connectivity index (χ0) is 20.1. The Morgan fingerprint density at radius 1 is 0.964 bits per heavy atom. The number of rotatable bonds is 6. The number of hydrogen-bond acceptors (Lipinski definition) is 4. The van der Waals surface area contributed by atoms with Gasteiger partial charge in [0.2, 0.25) is 0 Å². The van der Waals surface area contributed by atoms with E-state index in [9.17, 15) is 13.2 Å². The SMILES string of the molecule is COc1cccc(NC(=O)c2ccccc2NS(=O)(=O)c2ccccc2Br)c1. The van der Waals surface area contributed by atoms with E-state index < -0.39 is 15.9 Å². The van der Waals surface area contributed by atoms with Gasteiger partial charge in [-0.1, -0.05) is 30.3 Å². The molecular formula is C20H17BrN2O4S. The van der Waals surface area contributed by atoms with Gasteiger partial charge in [-0.25, -0.2) is 8.42 Å². The summed E-state index contributed by atoms with van der Waals surface area (Å²) in [7, 11) is -2.35. The van der Waals surface area contributed by atoms with Crippen LogP contribution in [-0.2, 0) is 10.0 Å². The van der Waals surface area contributed by atoms with E-state index in [0.717, 1.165) is 0 Å². The maximum absolute atomic E-state index is 12.7. The van der Waals surface area contributed by atoms with Crippen LogP contribution in [-0.4, -0.2) is 21.4 Å². The second-order valence-corrected chi connectivity index (χ2v) is 8.27. The van der Waals surface area contributed by atoms with Gasteiger partial charge < -0.3 is 10.1 Å². The summed E-state index contributed by atoms with van der Waals surface area (Å²) in [5.41, 5.74) is 0.910. The molecule has 0 radical (unpaired) electrons. The maximum Gasteiger partial charge on any atom is 0.263 e. The van der Waals surface area contributed by atoms with Gasteiger partial charge >= 0.3 is 0 Å². The Morgan fingerprint density at radius 2 is 1.68 bits per heavy atom. The van der Waals surface area contributed by atoms with Gasteiger partial charge in [0.15, 0.2) is 0 Å². The molecule has 28 heavy (non-hydrogen) atoms. The molecule has 0 aromatic heterocycles. The first-order valence-electron chi connectivity index (χ1n) is 8.22. The molecule has 0 saturated heterocycles. The van der Waals surface area contributed by atoms with Crippen LogP contribution in [0.15, 0.2) is 82.2 Å². The number of nitrogens with one attached hydrogen (secondary N) is 2. The lowest BCUT2D eigenvalue weighted by atomic mass is 10.1. The van der Waals surface area contributed by atoms with Crippen molar-refractivity contribution in [3.8, 4) is 5.75 Å². The normalized spacial score (nSPS) is 10.9. The first-order valence-corrected chi connectivity index (χ1v) is 10.5. The van der Waals surface area contributed by atoms with Crippen molar-refractivity contribution in [3.63, 3.8) is 0 Å². The zero-order valence-electron chi connectivity index (χ0n) is 14.8. The number of ether oxygens (including phenoxy) is 1.